The standard InChI is InChI=1S/C14H16N4OS/c15-14-17-12(9-20-14)13(19)18-5-3-11(8-18)6-10-2-1-4-16-7-10/h1-2,4,7,9,11H,3,5-6,8H2,(H2,15,17). The quantitative estimate of drug-likeness (QED) is 0.935. The lowest BCUT2D eigenvalue weighted by Crippen LogP contribution is -2.29. The van der Waals surface area contributed by atoms with Crippen LogP contribution >= 0.6 is 11.3 Å². The lowest BCUT2D eigenvalue weighted by molar-refractivity contribution is 0.0782. The number of hydrogen-bond acceptors (Lipinski definition) is 5. The summed E-state index contributed by atoms with van der Waals surface area (Å²) in [5.41, 5.74) is 7.27. The Morgan fingerprint density at radius 2 is 2.45 bits per heavy atom. The predicted molar refractivity (Wildman–Crippen MR) is 78.5 cm³/mol. The smallest absolute Gasteiger partial charge is 0.273 e. The monoisotopic (exact) mass is 288 g/mol. The number of anilines is 1. The Hall–Kier alpha value is -1.95. The first-order valence-electron chi connectivity index (χ1n) is 6.61. The maximum absolute atomic E-state index is 12.3. The highest BCUT2D eigenvalue weighted by molar-refractivity contribution is 7.13. The van der Waals surface area contributed by atoms with Crippen molar-refractivity contribution in [3.8, 4) is 0 Å². The van der Waals surface area contributed by atoms with Gasteiger partial charge >= 0.3 is 0 Å². The predicted octanol–water partition coefficient (Wildman–Crippen LogP) is 1.83. The molecule has 2 aromatic heterocycles. The van der Waals surface area contributed by atoms with Crippen LogP contribution < -0.4 is 5.73 Å². The van der Waals surface area contributed by atoms with Crippen LogP contribution in [-0.4, -0.2) is 33.9 Å². The number of carbonyl (C=O) groups excluding carboxylic acids is 1. The molecule has 2 N–H and O–H groups in total. The zero-order valence-corrected chi connectivity index (χ0v) is 11.8. The molecule has 1 fully saturated rings. The van der Waals surface area contributed by atoms with Crippen molar-refractivity contribution in [2.24, 2.45) is 5.92 Å². The summed E-state index contributed by atoms with van der Waals surface area (Å²) in [5.74, 6) is 0.491. The number of hydrogen-bond donors (Lipinski definition) is 1. The first-order valence-corrected chi connectivity index (χ1v) is 7.49. The van der Waals surface area contributed by atoms with Gasteiger partial charge in [0.2, 0.25) is 0 Å². The molecule has 1 unspecified atom stereocenters. The Morgan fingerprint density at radius 3 is 3.15 bits per heavy atom. The summed E-state index contributed by atoms with van der Waals surface area (Å²) in [4.78, 5) is 22.3. The zero-order chi connectivity index (χ0) is 13.9. The van der Waals surface area contributed by atoms with E-state index in [0.29, 0.717) is 16.7 Å². The topological polar surface area (TPSA) is 72.1 Å². The normalized spacial score (nSPS) is 18.4. The highest BCUT2D eigenvalue weighted by Crippen LogP contribution is 2.23. The van der Waals surface area contributed by atoms with E-state index in [2.05, 4.69) is 16.0 Å². The molecule has 0 spiro atoms. The molecule has 2 aromatic rings. The van der Waals surface area contributed by atoms with E-state index in [1.54, 1.807) is 11.6 Å². The second kappa shape index (κ2) is 5.58. The first-order chi connectivity index (χ1) is 9.72. The third-order valence-corrected chi connectivity index (χ3v) is 4.24. The van der Waals surface area contributed by atoms with E-state index in [1.807, 2.05) is 17.2 Å². The molecule has 104 valence electrons. The van der Waals surface area contributed by atoms with Gasteiger partial charge in [-0.2, -0.15) is 0 Å². The molecule has 3 heterocycles. The van der Waals surface area contributed by atoms with Crippen LogP contribution in [0.1, 0.15) is 22.5 Å². The van der Waals surface area contributed by atoms with Crippen molar-refractivity contribution in [3.05, 3.63) is 41.2 Å². The Morgan fingerprint density at radius 1 is 1.55 bits per heavy atom. The van der Waals surface area contributed by atoms with Gasteiger partial charge in [0.25, 0.3) is 5.91 Å². The van der Waals surface area contributed by atoms with Crippen LogP contribution in [0.25, 0.3) is 0 Å². The van der Waals surface area contributed by atoms with E-state index in [-0.39, 0.29) is 5.91 Å². The molecule has 1 aliphatic rings. The molecule has 0 aliphatic carbocycles. The number of aromatic nitrogens is 2. The van der Waals surface area contributed by atoms with Gasteiger partial charge in [0, 0.05) is 30.9 Å². The van der Waals surface area contributed by atoms with E-state index < -0.39 is 0 Å². The van der Waals surface area contributed by atoms with Crippen molar-refractivity contribution in [2.75, 3.05) is 18.8 Å². The van der Waals surface area contributed by atoms with Crippen LogP contribution in [0.4, 0.5) is 5.13 Å². The Balaban J connectivity index is 1.61. The summed E-state index contributed by atoms with van der Waals surface area (Å²) in [6.45, 7) is 1.58. The van der Waals surface area contributed by atoms with Gasteiger partial charge in [-0.25, -0.2) is 4.98 Å². The molecule has 5 nitrogen and oxygen atoms in total. The molecule has 0 aromatic carbocycles. The number of nitrogen functional groups attached to an aromatic ring is 1. The maximum atomic E-state index is 12.3. The molecule has 1 saturated heterocycles. The van der Waals surface area contributed by atoms with E-state index in [9.17, 15) is 4.79 Å². The molecule has 3 rings (SSSR count). The SMILES string of the molecule is Nc1nc(C(=O)N2CCC(Cc3cccnc3)C2)cs1. The summed E-state index contributed by atoms with van der Waals surface area (Å²) < 4.78 is 0. The molecule has 0 saturated carbocycles. The Kier molecular flexibility index (Phi) is 3.64. The maximum Gasteiger partial charge on any atom is 0.273 e. The van der Waals surface area contributed by atoms with Gasteiger partial charge in [0.05, 0.1) is 0 Å². The minimum Gasteiger partial charge on any atom is -0.375 e. The van der Waals surface area contributed by atoms with Crippen LogP contribution in [-0.2, 0) is 6.42 Å². The van der Waals surface area contributed by atoms with Crippen LogP contribution in [0.2, 0.25) is 0 Å². The fourth-order valence-electron chi connectivity index (χ4n) is 2.58. The van der Waals surface area contributed by atoms with Crippen molar-refractivity contribution < 1.29 is 4.79 Å². The minimum absolute atomic E-state index is 0.00774. The molecule has 1 atom stereocenters. The van der Waals surface area contributed by atoms with Gasteiger partial charge in [-0.1, -0.05) is 6.07 Å². The molecule has 0 radical (unpaired) electrons. The second-order valence-electron chi connectivity index (χ2n) is 5.04. The van der Waals surface area contributed by atoms with Gasteiger partial charge in [-0.15, -0.1) is 11.3 Å². The average Bonchev–Trinajstić information content (AvgIpc) is 3.08. The number of nitrogens with zero attached hydrogens (tertiary/aromatic N) is 3. The van der Waals surface area contributed by atoms with E-state index in [1.165, 1.54) is 16.9 Å². The Labute approximate surface area is 121 Å². The number of rotatable bonds is 3. The fourth-order valence-corrected chi connectivity index (χ4v) is 3.12. The van der Waals surface area contributed by atoms with Gasteiger partial charge in [-0.3, -0.25) is 9.78 Å². The summed E-state index contributed by atoms with van der Waals surface area (Å²) in [7, 11) is 0. The molecule has 20 heavy (non-hydrogen) atoms. The van der Waals surface area contributed by atoms with Crippen molar-refractivity contribution in [1.82, 2.24) is 14.9 Å². The number of amides is 1. The van der Waals surface area contributed by atoms with Crippen LogP contribution in [0.5, 0.6) is 0 Å². The highest BCUT2D eigenvalue weighted by atomic mass is 32.1. The minimum atomic E-state index is -0.00774. The Bertz CT molecular complexity index is 598. The van der Waals surface area contributed by atoms with Crippen molar-refractivity contribution in [2.45, 2.75) is 12.8 Å². The second-order valence-corrected chi connectivity index (χ2v) is 5.93. The van der Waals surface area contributed by atoms with E-state index in [0.717, 1.165) is 25.9 Å². The van der Waals surface area contributed by atoms with E-state index in [4.69, 9.17) is 5.73 Å². The van der Waals surface area contributed by atoms with Gasteiger partial charge in [-0.05, 0) is 30.4 Å². The fraction of sp³-hybridized carbons (Fsp3) is 0.357. The highest BCUT2D eigenvalue weighted by Gasteiger charge is 2.28. The molecular weight excluding hydrogens is 272 g/mol. The number of carbonyl (C=O) groups is 1. The molecule has 0 bridgehead atoms. The van der Waals surface area contributed by atoms with Gasteiger partial charge in [0.1, 0.15) is 5.69 Å². The van der Waals surface area contributed by atoms with Crippen LogP contribution in [0, 0.1) is 5.92 Å². The third-order valence-electron chi connectivity index (χ3n) is 3.56. The third kappa shape index (κ3) is 2.80. The van der Waals surface area contributed by atoms with Crippen LogP contribution in [0.15, 0.2) is 29.9 Å². The molecule has 1 amide bonds. The molecule has 1 aliphatic heterocycles. The van der Waals surface area contributed by atoms with Crippen molar-refractivity contribution in [3.63, 3.8) is 0 Å². The zero-order valence-electron chi connectivity index (χ0n) is 11.0. The number of pyridine rings is 1. The van der Waals surface area contributed by atoms with Crippen molar-refractivity contribution >= 4 is 22.4 Å². The summed E-state index contributed by atoms with van der Waals surface area (Å²) in [6, 6.07) is 4.03. The van der Waals surface area contributed by atoms with Crippen LogP contribution in [0.3, 0.4) is 0 Å². The van der Waals surface area contributed by atoms with Gasteiger partial charge in [0.15, 0.2) is 5.13 Å². The first kappa shape index (κ1) is 13.1. The lowest BCUT2D eigenvalue weighted by Gasteiger charge is -2.15. The van der Waals surface area contributed by atoms with E-state index >= 15 is 0 Å². The summed E-state index contributed by atoms with van der Waals surface area (Å²) in [5, 5.41) is 2.17. The van der Waals surface area contributed by atoms with Crippen molar-refractivity contribution in [1.29, 1.82) is 0 Å². The summed E-state index contributed by atoms with van der Waals surface area (Å²) in [6.07, 6.45) is 5.67. The average molecular weight is 288 g/mol. The molecule has 6 heteroatoms. The number of likely N-dealkylation sites (tertiary alicyclic amines) is 1. The number of thiazole rings is 1. The van der Waals surface area contributed by atoms with Gasteiger partial charge < -0.3 is 10.6 Å². The molecular formula is C14H16N4OS. The summed E-state index contributed by atoms with van der Waals surface area (Å²) >= 11 is 1.31. The number of nitrogens with two attached hydrogens (primary N) is 1. The largest absolute Gasteiger partial charge is 0.375 e. The lowest BCUT2D eigenvalue weighted by atomic mass is 10.0.